The van der Waals surface area contributed by atoms with Crippen LogP contribution in [0.25, 0.3) is 0 Å². The Kier molecular flexibility index (Phi) is 4.91. The Morgan fingerprint density at radius 1 is 1.19 bits per heavy atom. The third kappa shape index (κ3) is 3.64. The molecule has 0 saturated heterocycles. The van der Waals surface area contributed by atoms with Gasteiger partial charge in [-0.05, 0) is 42.5 Å². The van der Waals surface area contributed by atoms with Gasteiger partial charge in [-0.25, -0.2) is 0 Å². The van der Waals surface area contributed by atoms with Crippen LogP contribution in [0.1, 0.15) is 38.2 Å². The van der Waals surface area contributed by atoms with Crippen LogP contribution >= 0.6 is 11.6 Å². The molecule has 116 valence electrons. The molecule has 3 rings (SSSR count). The molecular weight excluding hydrogens is 286 g/mol. The lowest BCUT2D eigenvalue weighted by atomic mass is 9.98. The molecule has 3 nitrogen and oxygen atoms in total. The van der Waals surface area contributed by atoms with Crippen LogP contribution in [0.3, 0.4) is 0 Å². The van der Waals surface area contributed by atoms with Crippen LogP contribution < -0.4 is 14.8 Å². The average molecular weight is 310 g/mol. The van der Waals surface area contributed by atoms with Gasteiger partial charge in [0, 0.05) is 13.0 Å². The molecule has 21 heavy (non-hydrogen) atoms. The normalized spacial score (nSPS) is 24.9. The van der Waals surface area contributed by atoms with Crippen molar-refractivity contribution < 1.29 is 9.47 Å². The molecule has 0 bridgehead atoms. The highest BCUT2D eigenvalue weighted by Gasteiger charge is 2.22. The highest BCUT2D eigenvalue weighted by Crippen LogP contribution is 2.38. The van der Waals surface area contributed by atoms with E-state index < -0.39 is 0 Å². The van der Waals surface area contributed by atoms with E-state index in [1.807, 2.05) is 6.07 Å². The van der Waals surface area contributed by atoms with E-state index in [9.17, 15) is 0 Å². The molecular formula is C17H24ClNO2. The molecule has 1 fully saturated rings. The second-order valence-electron chi connectivity index (χ2n) is 6.25. The molecule has 2 aliphatic rings. The summed E-state index contributed by atoms with van der Waals surface area (Å²) < 4.78 is 11.4. The van der Waals surface area contributed by atoms with Gasteiger partial charge in [0.15, 0.2) is 11.5 Å². The molecule has 1 saturated carbocycles. The third-order valence-electron chi connectivity index (χ3n) is 4.64. The van der Waals surface area contributed by atoms with Gasteiger partial charge in [-0.2, -0.15) is 0 Å². The van der Waals surface area contributed by atoms with Gasteiger partial charge in [-0.1, -0.05) is 31.4 Å². The van der Waals surface area contributed by atoms with Crippen molar-refractivity contribution in [2.24, 2.45) is 11.8 Å². The Balaban J connectivity index is 1.60. The van der Waals surface area contributed by atoms with Crippen LogP contribution in [0.15, 0.2) is 12.1 Å². The lowest BCUT2D eigenvalue weighted by Gasteiger charge is -2.17. The first-order valence-electron chi connectivity index (χ1n) is 8.03. The van der Waals surface area contributed by atoms with Crippen molar-refractivity contribution in [1.82, 2.24) is 5.32 Å². The van der Waals surface area contributed by atoms with Crippen molar-refractivity contribution in [3.05, 3.63) is 22.7 Å². The molecule has 0 amide bonds. The average Bonchev–Trinajstić information content (AvgIpc) is 2.73. The minimum atomic E-state index is 0.653. The van der Waals surface area contributed by atoms with E-state index in [1.54, 1.807) is 0 Å². The molecule has 4 heteroatoms. The van der Waals surface area contributed by atoms with Crippen molar-refractivity contribution in [3.63, 3.8) is 0 Å². The summed E-state index contributed by atoms with van der Waals surface area (Å²) in [6, 6.07) is 4.04. The summed E-state index contributed by atoms with van der Waals surface area (Å²) in [5, 5.41) is 4.22. The Morgan fingerprint density at radius 2 is 2.05 bits per heavy atom. The number of halogens is 1. The first-order valence-corrected chi connectivity index (χ1v) is 8.40. The fraction of sp³-hybridized carbons (Fsp3) is 0.647. The minimum absolute atomic E-state index is 0.653. The number of hydrogen-bond acceptors (Lipinski definition) is 3. The SMILES string of the molecule is CC1CCCC1CNCc1cc(Cl)c2c(c1)OCCCO2. The zero-order valence-electron chi connectivity index (χ0n) is 12.7. The van der Waals surface area contributed by atoms with Crippen molar-refractivity contribution in [2.75, 3.05) is 19.8 Å². The fourth-order valence-electron chi connectivity index (χ4n) is 3.31. The van der Waals surface area contributed by atoms with Crippen LogP contribution in [-0.2, 0) is 6.54 Å². The summed E-state index contributed by atoms with van der Waals surface area (Å²) in [7, 11) is 0. The van der Waals surface area contributed by atoms with Gasteiger partial charge < -0.3 is 14.8 Å². The summed E-state index contributed by atoms with van der Waals surface area (Å²) in [4.78, 5) is 0. The van der Waals surface area contributed by atoms with E-state index in [0.717, 1.165) is 42.7 Å². The van der Waals surface area contributed by atoms with E-state index in [4.69, 9.17) is 21.1 Å². The van der Waals surface area contributed by atoms with E-state index in [2.05, 4.69) is 18.3 Å². The maximum atomic E-state index is 6.32. The maximum Gasteiger partial charge on any atom is 0.179 e. The Bertz CT molecular complexity index is 492. The van der Waals surface area contributed by atoms with Gasteiger partial charge in [0.1, 0.15) is 0 Å². The summed E-state index contributed by atoms with van der Waals surface area (Å²) in [6.07, 6.45) is 5.01. The van der Waals surface area contributed by atoms with Crippen LogP contribution in [0.2, 0.25) is 5.02 Å². The zero-order valence-corrected chi connectivity index (χ0v) is 13.4. The Morgan fingerprint density at radius 3 is 2.86 bits per heavy atom. The Hall–Kier alpha value is -0.930. The Labute approximate surface area is 132 Å². The first-order chi connectivity index (χ1) is 10.2. The van der Waals surface area contributed by atoms with Gasteiger partial charge in [-0.3, -0.25) is 0 Å². The maximum absolute atomic E-state index is 6.32. The smallest absolute Gasteiger partial charge is 0.179 e. The zero-order chi connectivity index (χ0) is 14.7. The van der Waals surface area contributed by atoms with Crippen molar-refractivity contribution in [1.29, 1.82) is 0 Å². The van der Waals surface area contributed by atoms with Crippen LogP contribution in [0.5, 0.6) is 11.5 Å². The van der Waals surface area contributed by atoms with Crippen LogP contribution in [0, 0.1) is 11.8 Å². The summed E-state index contributed by atoms with van der Waals surface area (Å²) >= 11 is 6.32. The number of ether oxygens (including phenoxy) is 2. The van der Waals surface area contributed by atoms with Gasteiger partial charge >= 0.3 is 0 Å². The molecule has 1 N–H and O–H groups in total. The van der Waals surface area contributed by atoms with Crippen molar-refractivity contribution in [2.45, 2.75) is 39.2 Å². The quantitative estimate of drug-likeness (QED) is 0.911. The molecule has 1 aromatic rings. The molecule has 2 unspecified atom stereocenters. The number of rotatable bonds is 4. The number of fused-ring (bicyclic) bond motifs is 1. The predicted octanol–water partition coefficient (Wildman–Crippen LogP) is 4.03. The molecule has 0 spiro atoms. The van der Waals surface area contributed by atoms with E-state index in [0.29, 0.717) is 24.0 Å². The topological polar surface area (TPSA) is 30.5 Å². The van der Waals surface area contributed by atoms with E-state index >= 15 is 0 Å². The summed E-state index contributed by atoms with van der Waals surface area (Å²) in [6.45, 7) is 5.65. The molecule has 1 heterocycles. The van der Waals surface area contributed by atoms with Gasteiger partial charge in [0.05, 0.1) is 18.2 Å². The monoisotopic (exact) mass is 309 g/mol. The second-order valence-corrected chi connectivity index (χ2v) is 6.66. The lowest BCUT2D eigenvalue weighted by molar-refractivity contribution is 0.297. The van der Waals surface area contributed by atoms with Crippen molar-refractivity contribution in [3.8, 4) is 11.5 Å². The molecule has 0 aromatic heterocycles. The summed E-state index contributed by atoms with van der Waals surface area (Å²) in [5.41, 5.74) is 1.16. The highest BCUT2D eigenvalue weighted by molar-refractivity contribution is 6.32. The molecule has 0 radical (unpaired) electrons. The van der Waals surface area contributed by atoms with E-state index in [-0.39, 0.29) is 0 Å². The van der Waals surface area contributed by atoms with Gasteiger partial charge in [0.25, 0.3) is 0 Å². The lowest BCUT2D eigenvalue weighted by Crippen LogP contribution is -2.24. The highest BCUT2D eigenvalue weighted by atomic mass is 35.5. The van der Waals surface area contributed by atoms with Crippen molar-refractivity contribution >= 4 is 11.6 Å². The molecule has 1 aromatic carbocycles. The number of nitrogens with one attached hydrogen (secondary N) is 1. The van der Waals surface area contributed by atoms with Crippen LogP contribution in [-0.4, -0.2) is 19.8 Å². The first kappa shape index (κ1) is 15.0. The second kappa shape index (κ2) is 6.89. The largest absolute Gasteiger partial charge is 0.489 e. The van der Waals surface area contributed by atoms with Crippen LogP contribution in [0.4, 0.5) is 0 Å². The van der Waals surface area contributed by atoms with E-state index in [1.165, 1.54) is 19.3 Å². The molecule has 2 atom stereocenters. The van der Waals surface area contributed by atoms with Gasteiger partial charge in [-0.15, -0.1) is 0 Å². The minimum Gasteiger partial charge on any atom is -0.489 e. The number of hydrogen-bond donors (Lipinski definition) is 1. The standard InChI is InChI=1S/C17H24ClNO2/c1-12-4-2-5-14(12)11-19-10-13-8-15(18)17-16(9-13)20-6-3-7-21-17/h8-9,12,14,19H,2-7,10-11H2,1H3. The fourth-order valence-corrected chi connectivity index (χ4v) is 3.60. The predicted molar refractivity (Wildman–Crippen MR) is 85.3 cm³/mol. The molecule has 1 aliphatic carbocycles. The summed E-state index contributed by atoms with van der Waals surface area (Å²) in [5.74, 6) is 3.15. The van der Waals surface area contributed by atoms with Gasteiger partial charge in [0.2, 0.25) is 0 Å². The third-order valence-corrected chi connectivity index (χ3v) is 4.92. The number of benzene rings is 1. The molecule has 1 aliphatic heterocycles.